The highest BCUT2D eigenvalue weighted by atomic mass is 32.2. The van der Waals surface area contributed by atoms with E-state index in [2.05, 4.69) is 16.9 Å². The maximum absolute atomic E-state index is 12.4. The third-order valence-corrected chi connectivity index (χ3v) is 5.81. The highest BCUT2D eigenvalue weighted by Gasteiger charge is 2.13. The number of nitrogens with one attached hydrogen (secondary N) is 1. The zero-order valence-corrected chi connectivity index (χ0v) is 17.8. The lowest BCUT2D eigenvalue weighted by Crippen LogP contribution is -2.18. The van der Waals surface area contributed by atoms with Crippen molar-refractivity contribution in [2.24, 2.45) is 5.10 Å². The highest BCUT2D eigenvalue weighted by Crippen LogP contribution is 2.17. The molecule has 0 aliphatic rings. The topological polar surface area (TPSA) is 67.8 Å². The summed E-state index contributed by atoms with van der Waals surface area (Å²) >= 11 is 0. The number of nitrogens with zero attached hydrogens (tertiary/aromatic N) is 1. The molecule has 0 bridgehead atoms. The van der Waals surface area contributed by atoms with E-state index >= 15 is 0 Å². The maximum atomic E-state index is 12.4. The third-order valence-electron chi connectivity index (χ3n) is 4.59. The molecule has 1 N–H and O–H groups in total. The fourth-order valence-corrected chi connectivity index (χ4v) is 3.58. The van der Waals surface area contributed by atoms with Crippen LogP contribution in [0.15, 0.2) is 52.5 Å². The van der Waals surface area contributed by atoms with Gasteiger partial charge in [0.25, 0.3) is 10.0 Å². The molecule has 0 amide bonds. The van der Waals surface area contributed by atoms with E-state index in [1.807, 2.05) is 38.1 Å². The van der Waals surface area contributed by atoms with Gasteiger partial charge in [0.05, 0.1) is 17.7 Å². The molecule has 0 aliphatic carbocycles. The van der Waals surface area contributed by atoms with Crippen molar-refractivity contribution in [2.75, 3.05) is 6.61 Å². The standard InChI is InChI=1S/C22H30N2O3S/c1-4-5-6-7-10-15-27-22-12-9-8-11-20(22)17-23-24-28(25,26)21-14-13-18(2)19(3)16-21/h8-9,11-14,16-17,24H,4-7,10,15H2,1-3H3/b23-17+. The van der Waals surface area contributed by atoms with Gasteiger partial charge in [0, 0.05) is 5.56 Å². The minimum atomic E-state index is -3.70. The number of unbranched alkanes of at least 4 members (excludes halogenated alkanes) is 4. The molecule has 2 aromatic carbocycles. The second-order valence-electron chi connectivity index (χ2n) is 6.90. The molecule has 152 valence electrons. The van der Waals surface area contributed by atoms with Gasteiger partial charge in [0.2, 0.25) is 0 Å². The van der Waals surface area contributed by atoms with Crippen molar-refractivity contribution in [3.63, 3.8) is 0 Å². The van der Waals surface area contributed by atoms with E-state index in [0.717, 1.165) is 29.5 Å². The summed E-state index contributed by atoms with van der Waals surface area (Å²) in [4.78, 5) is 2.47. The normalized spacial score (nSPS) is 11.7. The second-order valence-corrected chi connectivity index (χ2v) is 8.56. The number of hydrazone groups is 1. The Labute approximate surface area is 168 Å². The Morgan fingerprint density at radius 1 is 1.00 bits per heavy atom. The molecule has 0 heterocycles. The molecule has 5 nitrogen and oxygen atoms in total. The van der Waals surface area contributed by atoms with Crippen molar-refractivity contribution in [3.8, 4) is 5.75 Å². The van der Waals surface area contributed by atoms with Crippen LogP contribution in [0, 0.1) is 13.8 Å². The third kappa shape index (κ3) is 6.68. The summed E-state index contributed by atoms with van der Waals surface area (Å²) in [6.07, 6.45) is 7.33. The van der Waals surface area contributed by atoms with E-state index in [1.54, 1.807) is 18.2 Å². The van der Waals surface area contributed by atoms with Gasteiger partial charge < -0.3 is 4.74 Å². The van der Waals surface area contributed by atoms with E-state index < -0.39 is 10.0 Å². The number of hydrogen-bond acceptors (Lipinski definition) is 4. The predicted octanol–water partition coefficient (Wildman–Crippen LogP) is 4.97. The molecule has 0 radical (unpaired) electrons. The number of hydrogen-bond donors (Lipinski definition) is 1. The summed E-state index contributed by atoms with van der Waals surface area (Å²) in [6.45, 7) is 6.66. The first-order valence-corrected chi connectivity index (χ1v) is 11.3. The summed E-state index contributed by atoms with van der Waals surface area (Å²) < 4.78 is 30.7. The van der Waals surface area contributed by atoms with Crippen LogP contribution in [0.1, 0.15) is 55.7 Å². The van der Waals surface area contributed by atoms with Crippen LogP contribution in [0.5, 0.6) is 5.75 Å². The zero-order valence-electron chi connectivity index (χ0n) is 16.9. The first-order chi connectivity index (χ1) is 13.4. The Morgan fingerprint density at radius 3 is 2.50 bits per heavy atom. The van der Waals surface area contributed by atoms with Gasteiger partial charge in [0.1, 0.15) is 5.75 Å². The molecule has 0 aliphatic heterocycles. The van der Waals surface area contributed by atoms with Crippen LogP contribution >= 0.6 is 0 Å². The van der Waals surface area contributed by atoms with Crippen LogP contribution in [0.25, 0.3) is 0 Å². The summed E-state index contributed by atoms with van der Waals surface area (Å²) in [5, 5.41) is 3.93. The molecule has 0 fully saturated rings. The molecule has 0 unspecified atom stereocenters. The average Bonchev–Trinajstić information content (AvgIpc) is 2.67. The first-order valence-electron chi connectivity index (χ1n) is 9.78. The molecule has 2 aromatic rings. The number of sulfonamides is 1. The van der Waals surface area contributed by atoms with Crippen LogP contribution in [-0.2, 0) is 10.0 Å². The molecule has 0 atom stereocenters. The van der Waals surface area contributed by atoms with Crippen LogP contribution in [0.4, 0.5) is 0 Å². The van der Waals surface area contributed by atoms with Gasteiger partial charge in [-0.3, -0.25) is 0 Å². The first kappa shape index (κ1) is 22.0. The van der Waals surface area contributed by atoms with E-state index in [1.165, 1.54) is 25.5 Å². The lowest BCUT2D eigenvalue weighted by Gasteiger charge is -2.09. The van der Waals surface area contributed by atoms with Crippen molar-refractivity contribution >= 4 is 16.2 Å². The Morgan fingerprint density at radius 2 is 1.75 bits per heavy atom. The van der Waals surface area contributed by atoms with E-state index in [9.17, 15) is 8.42 Å². The highest BCUT2D eigenvalue weighted by molar-refractivity contribution is 7.89. The van der Waals surface area contributed by atoms with E-state index in [-0.39, 0.29) is 4.90 Å². The zero-order chi connectivity index (χ0) is 20.4. The van der Waals surface area contributed by atoms with Crippen molar-refractivity contribution < 1.29 is 13.2 Å². The Balaban J connectivity index is 1.97. The van der Waals surface area contributed by atoms with E-state index in [0.29, 0.717) is 12.4 Å². The average molecular weight is 403 g/mol. The number of benzene rings is 2. The molecule has 0 saturated carbocycles. The molecular weight excluding hydrogens is 372 g/mol. The predicted molar refractivity (Wildman–Crippen MR) is 115 cm³/mol. The smallest absolute Gasteiger partial charge is 0.276 e. The molecule has 6 heteroatoms. The minimum absolute atomic E-state index is 0.198. The Bertz CT molecular complexity index is 892. The van der Waals surface area contributed by atoms with Crippen molar-refractivity contribution in [1.29, 1.82) is 0 Å². The lowest BCUT2D eigenvalue weighted by molar-refractivity contribution is 0.304. The molecular formula is C22H30N2O3S. The van der Waals surface area contributed by atoms with Gasteiger partial charge in [0.15, 0.2) is 0 Å². The quantitative estimate of drug-likeness (QED) is 0.328. The molecule has 0 saturated heterocycles. The van der Waals surface area contributed by atoms with Gasteiger partial charge in [-0.15, -0.1) is 0 Å². The van der Waals surface area contributed by atoms with Gasteiger partial charge >= 0.3 is 0 Å². The van der Waals surface area contributed by atoms with Gasteiger partial charge in [-0.25, -0.2) is 4.83 Å². The van der Waals surface area contributed by atoms with Crippen LogP contribution in [0.2, 0.25) is 0 Å². The number of aryl methyl sites for hydroxylation is 2. The van der Waals surface area contributed by atoms with Crippen molar-refractivity contribution in [1.82, 2.24) is 4.83 Å². The maximum Gasteiger partial charge on any atom is 0.276 e. The molecule has 0 aromatic heterocycles. The number of ether oxygens (including phenoxy) is 1. The van der Waals surface area contributed by atoms with Gasteiger partial charge in [-0.1, -0.05) is 50.8 Å². The van der Waals surface area contributed by atoms with Crippen LogP contribution < -0.4 is 9.57 Å². The summed E-state index contributed by atoms with van der Waals surface area (Å²) in [6, 6.07) is 12.5. The van der Waals surface area contributed by atoms with Crippen LogP contribution in [-0.4, -0.2) is 21.2 Å². The van der Waals surface area contributed by atoms with Gasteiger partial charge in [-0.2, -0.15) is 13.5 Å². The summed E-state index contributed by atoms with van der Waals surface area (Å²) in [5.74, 6) is 0.701. The Kier molecular flexibility index (Phi) is 8.51. The van der Waals surface area contributed by atoms with Crippen molar-refractivity contribution in [3.05, 3.63) is 59.2 Å². The monoisotopic (exact) mass is 402 g/mol. The SMILES string of the molecule is CCCCCCCOc1ccccc1/C=N/NS(=O)(=O)c1ccc(C)c(C)c1. The van der Waals surface area contributed by atoms with E-state index in [4.69, 9.17) is 4.74 Å². The fourth-order valence-electron chi connectivity index (χ4n) is 2.71. The number of para-hydroxylation sites is 1. The fraction of sp³-hybridized carbons (Fsp3) is 0.409. The van der Waals surface area contributed by atoms with Crippen molar-refractivity contribution in [2.45, 2.75) is 57.8 Å². The lowest BCUT2D eigenvalue weighted by atomic mass is 10.1. The van der Waals surface area contributed by atoms with Gasteiger partial charge in [-0.05, 0) is 55.7 Å². The minimum Gasteiger partial charge on any atom is -0.493 e. The summed E-state index contributed by atoms with van der Waals surface area (Å²) in [7, 11) is -3.70. The number of rotatable bonds is 11. The second kappa shape index (κ2) is 10.9. The van der Waals surface area contributed by atoms with Crippen LogP contribution in [0.3, 0.4) is 0 Å². The molecule has 0 spiro atoms. The largest absolute Gasteiger partial charge is 0.493 e. The molecule has 28 heavy (non-hydrogen) atoms. The Hall–Kier alpha value is -2.34. The summed E-state index contributed by atoms with van der Waals surface area (Å²) in [5.41, 5.74) is 2.70. The molecule has 2 rings (SSSR count).